The van der Waals surface area contributed by atoms with Gasteiger partial charge in [0.25, 0.3) is 0 Å². The third-order valence-electron chi connectivity index (χ3n) is 6.38. The first kappa shape index (κ1) is 24.1. The highest BCUT2D eigenvalue weighted by Gasteiger charge is 2.22. The molecule has 0 aliphatic carbocycles. The van der Waals surface area contributed by atoms with Gasteiger partial charge >= 0.3 is 0 Å². The Morgan fingerprint density at radius 1 is 0.800 bits per heavy atom. The summed E-state index contributed by atoms with van der Waals surface area (Å²) in [5.41, 5.74) is 4.93. The van der Waals surface area contributed by atoms with Crippen LogP contribution in [0.3, 0.4) is 0 Å². The van der Waals surface area contributed by atoms with Gasteiger partial charge in [-0.05, 0) is 30.4 Å². The third-order valence-corrected chi connectivity index (χ3v) is 11.5. The van der Waals surface area contributed by atoms with Gasteiger partial charge in [0.15, 0.2) is 0 Å². The van der Waals surface area contributed by atoms with E-state index in [4.69, 9.17) is 0 Å². The molecule has 0 fully saturated rings. The summed E-state index contributed by atoms with van der Waals surface area (Å²) in [6.07, 6.45) is 6.18. The SMILES string of the molecule is CC[Si](/C=C/CCCCC(=O)N(Cc1ccccc1)Cc1ccccc1)(CC)CC. The van der Waals surface area contributed by atoms with Crippen molar-refractivity contribution >= 4 is 14.0 Å². The van der Waals surface area contributed by atoms with Crippen molar-refractivity contribution in [3.63, 3.8) is 0 Å². The maximum absolute atomic E-state index is 13.0. The van der Waals surface area contributed by atoms with Gasteiger partial charge in [0.2, 0.25) is 5.91 Å². The van der Waals surface area contributed by atoms with Crippen molar-refractivity contribution < 1.29 is 4.79 Å². The lowest BCUT2D eigenvalue weighted by molar-refractivity contribution is -0.132. The number of rotatable bonds is 13. The highest BCUT2D eigenvalue weighted by atomic mass is 28.3. The second kappa shape index (κ2) is 13.2. The molecule has 162 valence electrons. The number of hydrogen-bond donors (Lipinski definition) is 0. The summed E-state index contributed by atoms with van der Waals surface area (Å²) in [5.74, 6) is 0.256. The molecule has 2 rings (SSSR count). The van der Waals surface area contributed by atoms with E-state index in [0.29, 0.717) is 19.5 Å². The minimum Gasteiger partial charge on any atom is -0.334 e. The zero-order valence-corrected chi connectivity index (χ0v) is 20.1. The van der Waals surface area contributed by atoms with E-state index in [1.54, 1.807) is 0 Å². The Balaban J connectivity index is 1.87. The van der Waals surface area contributed by atoms with E-state index in [1.807, 2.05) is 41.3 Å². The van der Waals surface area contributed by atoms with Crippen molar-refractivity contribution in [3.05, 3.63) is 83.6 Å². The number of allylic oxidation sites excluding steroid dienone is 1. The van der Waals surface area contributed by atoms with Crippen molar-refractivity contribution in [2.45, 2.75) is 77.7 Å². The summed E-state index contributed by atoms with van der Waals surface area (Å²) in [4.78, 5) is 15.0. The minimum absolute atomic E-state index is 0.256. The maximum atomic E-state index is 13.0. The van der Waals surface area contributed by atoms with Crippen molar-refractivity contribution in [1.82, 2.24) is 4.90 Å². The number of unbranched alkanes of at least 4 members (excludes halogenated alkanes) is 2. The molecule has 2 nitrogen and oxygen atoms in total. The molecule has 2 aromatic rings. The van der Waals surface area contributed by atoms with E-state index in [2.05, 4.69) is 56.8 Å². The Hall–Kier alpha value is -2.13. The Morgan fingerprint density at radius 2 is 1.30 bits per heavy atom. The van der Waals surface area contributed by atoms with Gasteiger partial charge in [-0.2, -0.15) is 0 Å². The van der Waals surface area contributed by atoms with Crippen LogP contribution in [-0.2, 0) is 17.9 Å². The van der Waals surface area contributed by atoms with Crippen LogP contribution in [0, 0.1) is 0 Å². The van der Waals surface area contributed by atoms with Crippen LogP contribution < -0.4 is 0 Å². The molecule has 0 aliphatic heterocycles. The van der Waals surface area contributed by atoms with Crippen LogP contribution >= 0.6 is 0 Å². The highest BCUT2D eigenvalue weighted by molar-refractivity contribution is 6.84. The summed E-state index contributed by atoms with van der Waals surface area (Å²) < 4.78 is 0. The first-order chi connectivity index (χ1) is 14.6. The van der Waals surface area contributed by atoms with Gasteiger partial charge in [-0.1, -0.05) is 111 Å². The predicted molar refractivity (Wildman–Crippen MR) is 132 cm³/mol. The summed E-state index contributed by atoms with van der Waals surface area (Å²) in [6.45, 7) is 8.38. The van der Waals surface area contributed by atoms with Crippen LogP contribution in [0.5, 0.6) is 0 Å². The molecule has 0 bridgehead atoms. The summed E-state index contributed by atoms with van der Waals surface area (Å²) in [5, 5.41) is 0. The molecule has 0 N–H and O–H groups in total. The first-order valence-corrected chi connectivity index (χ1v) is 14.4. The van der Waals surface area contributed by atoms with Gasteiger partial charge in [-0.15, -0.1) is 0 Å². The second-order valence-corrected chi connectivity index (χ2v) is 13.5. The molecule has 0 aromatic heterocycles. The summed E-state index contributed by atoms with van der Waals surface area (Å²) in [7, 11) is -1.16. The minimum atomic E-state index is -1.16. The van der Waals surface area contributed by atoms with E-state index in [-0.39, 0.29) is 5.91 Å². The highest BCUT2D eigenvalue weighted by Crippen LogP contribution is 2.22. The Bertz CT molecular complexity index is 703. The van der Waals surface area contributed by atoms with E-state index in [0.717, 1.165) is 19.3 Å². The van der Waals surface area contributed by atoms with Crippen LogP contribution in [-0.4, -0.2) is 18.9 Å². The van der Waals surface area contributed by atoms with Crippen LogP contribution in [0.25, 0.3) is 0 Å². The first-order valence-electron chi connectivity index (χ1n) is 11.7. The summed E-state index contributed by atoms with van der Waals surface area (Å²) >= 11 is 0. The number of hydrogen-bond acceptors (Lipinski definition) is 1. The lowest BCUT2D eigenvalue weighted by atomic mass is 10.1. The molecule has 30 heavy (non-hydrogen) atoms. The number of carbonyl (C=O) groups is 1. The Morgan fingerprint density at radius 3 is 1.77 bits per heavy atom. The quantitative estimate of drug-likeness (QED) is 0.244. The molecule has 0 unspecified atom stereocenters. The van der Waals surface area contributed by atoms with Crippen LogP contribution in [0.1, 0.15) is 57.6 Å². The van der Waals surface area contributed by atoms with Gasteiger partial charge in [-0.3, -0.25) is 4.79 Å². The second-order valence-electron chi connectivity index (χ2n) is 8.29. The lowest BCUT2D eigenvalue weighted by Crippen LogP contribution is -2.29. The van der Waals surface area contributed by atoms with Gasteiger partial charge in [0.1, 0.15) is 0 Å². The standard InChI is InChI=1S/C27H39NOSi/c1-4-30(5-2,6-3)22-16-8-7-15-21-27(29)28(23-25-17-11-9-12-18-25)24-26-19-13-10-14-20-26/h9-14,16-20,22H,4-8,15,21,23-24H2,1-3H3/b22-16+. The number of amides is 1. The van der Waals surface area contributed by atoms with Crippen LogP contribution in [0.15, 0.2) is 72.4 Å². The molecule has 0 aliphatic rings. The lowest BCUT2D eigenvalue weighted by Gasteiger charge is -2.24. The van der Waals surface area contributed by atoms with Gasteiger partial charge in [0.05, 0.1) is 8.07 Å². The Labute approximate surface area is 185 Å². The molecule has 0 saturated carbocycles. The zero-order valence-electron chi connectivity index (χ0n) is 19.1. The molecule has 3 heteroatoms. The van der Waals surface area contributed by atoms with E-state index < -0.39 is 8.07 Å². The van der Waals surface area contributed by atoms with Crippen LogP contribution in [0.2, 0.25) is 18.1 Å². The van der Waals surface area contributed by atoms with Crippen molar-refractivity contribution in [2.75, 3.05) is 0 Å². The molecular weight excluding hydrogens is 382 g/mol. The topological polar surface area (TPSA) is 20.3 Å². The van der Waals surface area contributed by atoms with Crippen molar-refractivity contribution in [2.24, 2.45) is 0 Å². The predicted octanol–water partition coefficient (Wildman–Crippen LogP) is 7.38. The molecule has 0 spiro atoms. The monoisotopic (exact) mass is 421 g/mol. The molecule has 0 heterocycles. The van der Waals surface area contributed by atoms with E-state index in [1.165, 1.54) is 29.3 Å². The smallest absolute Gasteiger partial charge is 0.223 e. The fourth-order valence-electron chi connectivity index (χ4n) is 3.97. The molecule has 2 aromatic carbocycles. The zero-order chi connectivity index (χ0) is 21.7. The average Bonchev–Trinajstić information content (AvgIpc) is 2.80. The van der Waals surface area contributed by atoms with E-state index in [9.17, 15) is 4.79 Å². The van der Waals surface area contributed by atoms with E-state index >= 15 is 0 Å². The summed E-state index contributed by atoms with van der Waals surface area (Å²) in [6, 6.07) is 24.6. The average molecular weight is 422 g/mol. The molecule has 0 atom stereocenters. The number of nitrogens with zero attached hydrogens (tertiary/aromatic N) is 1. The number of carbonyl (C=O) groups excluding carboxylic acids is 1. The van der Waals surface area contributed by atoms with Crippen molar-refractivity contribution in [1.29, 1.82) is 0 Å². The fourth-order valence-corrected chi connectivity index (χ4v) is 6.85. The van der Waals surface area contributed by atoms with Gasteiger partial charge < -0.3 is 4.90 Å². The van der Waals surface area contributed by atoms with Gasteiger partial charge in [0, 0.05) is 19.5 Å². The van der Waals surface area contributed by atoms with Crippen LogP contribution in [0.4, 0.5) is 0 Å². The Kier molecular flexibility index (Phi) is 10.6. The third kappa shape index (κ3) is 7.95. The number of benzene rings is 2. The van der Waals surface area contributed by atoms with Crippen molar-refractivity contribution in [3.8, 4) is 0 Å². The fraction of sp³-hybridized carbons (Fsp3) is 0.444. The molecule has 0 radical (unpaired) electrons. The normalized spacial score (nSPS) is 11.7. The molecular formula is C27H39NOSi. The molecule has 0 saturated heterocycles. The van der Waals surface area contributed by atoms with Gasteiger partial charge in [-0.25, -0.2) is 0 Å². The maximum Gasteiger partial charge on any atom is 0.223 e. The largest absolute Gasteiger partial charge is 0.334 e. The molecule has 1 amide bonds.